The molecule has 10 heteroatoms. The Morgan fingerprint density at radius 2 is 2.04 bits per heavy atom. The summed E-state index contributed by atoms with van der Waals surface area (Å²) in [6.07, 6.45) is 0. The van der Waals surface area contributed by atoms with E-state index in [1.807, 2.05) is 0 Å². The van der Waals surface area contributed by atoms with Gasteiger partial charge in [0.2, 0.25) is 0 Å². The first-order valence-corrected chi connectivity index (χ1v) is 9.46. The third kappa shape index (κ3) is 6.79. The minimum Gasteiger partial charge on any atom is -0.383 e. The largest absolute Gasteiger partial charge is 0.383 e. The van der Waals surface area contributed by atoms with Crippen molar-refractivity contribution in [2.45, 2.75) is 13.5 Å². The van der Waals surface area contributed by atoms with Crippen molar-refractivity contribution in [3.63, 3.8) is 0 Å². The summed E-state index contributed by atoms with van der Waals surface area (Å²) in [6, 6.07) is 6.52. The van der Waals surface area contributed by atoms with Crippen LogP contribution in [0.5, 0.6) is 0 Å². The number of thiazole rings is 1. The molecule has 0 saturated heterocycles. The first kappa shape index (κ1) is 21.1. The highest BCUT2D eigenvalue weighted by molar-refractivity contribution is 7.09. The van der Waals surface area contributed by atoms with Gasteiger partial charge in [0.25, 0.3) is 5.91 Å². The number of hydroxylamine groups is 1. The molecule has 1 aromatic carbocycles. The summed E-state index contributed by atoms with van der Waals surface area (Å²) in [5.74, 6) is -0.423. The van der Waals surface area contributed by atoms with Crippen LogP contribution in [0, 0.1) is 0 Å². The van der Waals surface area contributed by atoms with Crippen molar-refractivity contribution >= 4 is 40.6 Å². The molecule has 3 amide bonds. The van der Waals surface area contributed by atoms with Gasteiger partial charge in [-0.3, -0.25) is 9.63 Å². The van der Waals surface area contributed by atoms with Crippen LogP contribution in [0.25, 0.3) is 0 Å². The number of aromatic nitrogens is 1. The minimum atomic E-state index is -0.423. The third-order valence-electron chi connectivity index (χ3n) is 3.37. The monoisotopic (exact) mass is 412 g/mol. The third-order valence-corrected chi connectivity index (χ3v) is 4.45. The molecule has 0 aliphatic heterocycles. The van der Waals surface area contributed by atoms with Crippen LogP contribution in [0.1, 0.15) is 22.4 Å². The molecule has 0 fully saturated rings. The van der Waals surface area contributed by atoms with Gasteiger partial charge in [0.15, 0.2) is 0 Å². The molecule has 0 unspecified atom stereocenters. The Balaban J connectivity index is 2.02. The Kier molecular flexibility index (Phi) is 8.46. The molecule has 8 nitrogen and oxygen atoms in total. The fourth-order valence-electron chi connectivity index (χ4n) is 2.03. The molecule has 2 N–H and O–H groups in total. The van der Waals surface area contributed by atoms with Gasteiger partial charge in [-0.1, -0.05) is 11.6 Å². The maximum atomic E-state index is 12.6. The minimum absolute atomic E-state index is 0.244. The molecule has 0 atom stereocenters. The second kappa shape index (κ2) is 10.8. The summed E-state index contributed by atoms with van der Waals surface area (Å²) in [6.45, 7) is 3.11. The van der Waals surface area contributed by atoms with Crippen LogP contribution < -0.4 is 10.8 Å². The predicted molar refractivity (Wildman–Crippen MR) is 104 cm³/mol. The Morgan fingerprint density at radius 1 is 1.30 bits per heavy atom. The van der Waals surface area contributed by atoms with Crippen molar-refractivity contribution in [3.05, 3.63) is 45.4 Å². The smallest absolute Gasteiger partial charge is 0.322 e. The molecule has 1 aromatic heterocycles. The average molecular weight is 413 g/mol. The number of urea groups is 1. The summed E-state index contributed by atoms with van der Waals surface area (Å²) in [5, 5.41) is 5.64. The second-order valence-corrected chi connectivity index (χ2v) is 6.72. The van der Waals surface area contributed by atoms with Gasteiger partial charge < -0.3 is 15.0 Å². The van der Waals surface area contributed by atoms with Crippen LogP contribution >= 0.6 is 22.9 Å². The fourth-order valence-corrected chi connectivity index (χ4v) is 2.95. The van der Waals surface area contributed by atoms with E-state index in [9.17, 15) is 9.59 Å². The van der Waals surface area contributed by atoms with E-state index in [1.165, 1.54) is 11.3 Å². The van der Waals surface area contributed by atoms with Gasteiger partial charge in [0.1, 0.15) is 10.7 Å². The van der Waals surface area contributed by atoms with E-state index in [1.54, 1.807) is 48.6 Å². The van der Waals surface area contributed by atoms with Crippen LogP contribution in [-0.2, 0) is 16.1 Å². The summed E-state index contributed by atoms with van der Waals surface area (Å²) in [7, 11) is 1.56. The highest BCUT2D eigenvalue weighted by Crippen LogP contribution is 2.16. The molecule has 0 bridgehead atoms. The van der Waals surface area contributed by atoms with Gasteiger partial charge in [-0.25, -0.2) is 15.3 Å². The molecule has 0 saturated carbocycles. The van der Waals surface area contributed by atoms with Crippen LogP contribution in [0.2, 0.25) is 5.02 Å². The number of benzene rings is 1. The summed E-state index contributed by atoms with van der Waals surface area (Å²) in [5.41, 5.74) is 3.16. The van der Waals surface area contributed by atoms with Crippen molar-refractivity contribution in [3.8, 4) is 0 Å². The molecule has 2 aromatic rings. The lowest BCUT2D eigenvalue weighted by molar-refractivity contribution is 0.0360. The first-order valence-electron chi connectivity index (χ1n) is 8.20. The van der Waals surface area contributed by atoms with Crippen molar-refractivity contribution in [2.24, 2.45) is 0 Å². The van der Waals surface area contributed by atoms with Crippen molar-refractivity contribution < 1.29 is 19.2 Å². The number of methoxy groups -OCH3 is 1. The average Bonchev–Trinajstić information content (AvgIpc) is 3.13. The molecular formula is C17H21ClN4O4S. The van der Waals surface area contributed by atoms with E-state index in [4.69, 9.17) is 21.2 Å². The maximum absolute atomic E-state index is 12.6. The lowest BCUT2D eigenvalue weighted by atomic mass is 10.3. The number of carbonyl (C=O) groups excluding carboxylic acids is 2. The second-order valence-electron chi connectivity index (χ2n) is 5.34. The molecule has 146 valence electrons. The first-order chi connectivity index (χ1) is 13.0. The SMILES string of the molecule is CCONC(=O)c1csc(CN(CCOC)C(=O)Nc2ccc(Cl)cc2)n1. The molecule has 0 aliphatic rings. The number of ether oxygens (including phenoxy) is 1. The number of nitrogens with one attached hydrogen (secondary N) is 2. The molecule has 2 rings (SSSR count). The highest BCUT2D eigenvalue weighted by Gasteiger charge is 2.18. The number of rotatable bonds is 9. The number of hydrogen-bond donors (Lipinski definition) is 2. The van der Waals surface area contributed by atoms with E-state index >= 15 is 0 Å². The number of carbonyl (C=O) groups is 2. The number of anilines is 1. The van der Waals surface area contributed by atoms with E-state index < -0.39 is 5.91 Å². The van der Waals surface area contributed by atoms with Crippen LogP contribution in [0.15, 0.2) is 29.6 Å². The maximum Gasteiger partial charge on any atom is 0.322 e. The molecule has 1 heterocycles. The van der Waals surface area contributed by atoms with Crippen molar-refractivity contribution in [1.82, 2.24) is 15.4 Å². The zero-order chi connectivity index (χ0) is 19.6. The summed E-state index contributed by atoms with van der Waals surface area (Å²) < 4.78 is 5.08. The number of nitrogens with zero attached hydrogens (tertiary/aromatic N) is 2. The van der Waals surface area contributed by atoms with E-state index in [0.717, 1.165) is 0 Å². The lowest BCUT2D eigenvalue weighted by Crippen LogP contribution is -2.36. The van der Waals surface area contributed by atoms with Crippen molar-refractivity contribution in [2.75, 3.05) is 32.2 Å². The fraction of sp³-hybridized carbons (Fsp3) is 0.353. The van der Waals surface area contributed by atoms with Gasteiger partial charge >= 0.3 is 6.03 Å². The van der Waals surface area contributed by atoms with Gasteiger partial charge in [-0.2, -0.15) is 0 Å². The van der Waals surface area contributed by atoms with Gasteiger partial charge in [0, 0.05) is 29.7 Å². The topological polar surface area (TPSA) is 92.8 Å². The summed E-state index contributed by atoms with van der Waals surface area (Å²) >= 11 is 7.15. The molecule has 0 aliphatic carbocycles. The van der Waals surface area contributed by atoms with E-state index in [-0.39, 0.29) is 18.3 Å². The van der Waals surface area contributed by atoms with Crippen molar-refractivity contribution in [1.29, 1.82) is 0 Å². The number of hydrogen-bond acceptors (Lipinski definition) is 6. The number of amides is 3. The zero-order valence-electron chi connectivity index (χ0n) is 15.0. The van der Waals surface area contributed by atoms with E-state index in [2.05, 4.69) is 15.8 Å². The van der Waals surface area contributed by atoms with E-state index in [0.29, 0.717) is 35.5 Å². The number of halogens is 1. The Hall–Kier alpha value is -2.20. The standard InChI is InChI=1S/C17H21ClN4O4S/c1-3-26-21-16(23)14-11-27-15(20-14)10-22(8-9-25-2)17(24)19-13-6-4-12(18)5-7-13/h4-7,11H,3,8-10H2,1-2H3,(H,19,24)(H,21,23). The Morgan fingerprint density at radius 3 is 2.70 bits per heavy atom. The molecule has 27 heavy (non-hydrogen) atoms. The van der Waals surface area contributed by atoms with Crippen LogP contribution in [0.4, 0.5) is 10.5 Å². The zero-order valence-corrected chi connectivity index (χ0v) is 16.6. The Labute approximate surface area is 166 Å². The Bertz CT molecular complexity index is 754. The van der Waals surface area contributed by atoms with Crippen LogP contribution in [-0.4, -0.2) is 48.7 Å². The lowest BCUT2D eigenvalue weighted by Gasteiger charge is -2.21. The van der Waals surface area contributed by atoms with Gasteiger partial charge in [-0.15, -0.1) is 11.3 Å². The summed E-state index contributed by atoms with van der Waals surface area (Å²) in [4.78, 5) is 35.1. The molecule has 0 radical (unpaired) electrons. The molecule has 0 spiro atoms. The van der Waals surface area contributed by atoms with Gasteiger partial charge in [-0.05, 0) is 31.2 Å². The normalized spacial score (nSPS) is 10.5. The van der Waals surface area contributed by atoms with Crippen LogP contribution in [0.3, 0.4) is 0 Å². The quantitative estimate of drug-likeness (QED) is 0.617. The van der Waals surface area contributed by atoms with Gasteiger partial charge in [0.05, 0.1) is 19.8 Å². The molecular weight excluding hydrogens is 392 g/mol. The highest BCUT2D eigenvalue weighted by atomic mass is 35.5. The predicted octanol–water partition coefficient (Wildman–Crippen LogP) is 3.16.